The molecule has 98 valence electrons. The van der Waals surface area contributed by atoms with Crippen LogP contribution in [0.1, 0.15) is 29.8 Å². The van der Waals surface area contributed by atoms with Gasteiger partial charge in [0.15, 0.2) is 9.90 Å². The van der Waals surface area contributed by atoms with Crippen LogP contribution < -0.4 is 4.72 Å². The topological polar surface area (TPSA) is 120 Å². The molecule has 1 aromatic heterocycles. The lowest BCUT2D eigenvalue weighted by atomic mass is 10.2. The number of carboxylic acid groups (broad SMARTS) is 1. The summed E-state index contributed by atoms with van der Waals surface area (Å²) in [5, 5.41) is 17.1. The largest absolute Gasteiger partial charge is 0.476 e. The molecule has 0 unspecified atom stereocenters. The third-order valence-corrected chi connectivity index (χ3v) is 4.82. The van der Waals surface area contributed by atoms with Crippen LogP contribution in [0.2, 0.25) is 0 Å². The zero-order valence-electron chi connectivity index (χ0n) is 9.29. The van der Waals surface area contributed by atoms with Crippen molar-refractivity contribution in [2.45, 2.75) is 23.5 Å². The maximum Gasteiger partial charge on any atom is 0.356 e. The molecule has 0 aromatic carbocycles. The first-order valence-electron chi connectivity index (χ1n) is 5.02. The molecular weight excluding hydrogens is 278 g/mol. The van der Waals surface area contributed by atoms with Crippen molar-refractivity contribution < 1.29 is 18.3 Å². The molecule has 1 rings (SSSR count). The summed E-state index contributed by atoms with van der Waals surface area (Å²) in [4.78, 5) is 14.3. The summed E-state index contributed by atoms with van der Waals surface area (Å²) in [5.41, 5.74) is 0.706. The fraction of sp³-hybridized carbons (Fsp3) is 0.444. The van der Waals surface area contributed by atoms with Crippen LogP contribution in [-0.2, 0) is 10.0 Å². The summed E-state index contributed by atoms with van der Waals surface area (Å²) in [6.45, 7) is 0.168. The van der Waals surface area contributed by atoms with Crippen LogP contribution in [0.15, 0.2) is 9.72 Å². The Labute approximate surface area is 108 Å². The molecule has 0 aliphatic heterocycles. The number of rotatable bonds is 7. The quantitative estimate of drug-likeness (QED) is 0.717. The van der Waals surface area contributed by atoms with Gasteiger partial charge >= 0.3 is 5.97 Å². The van der Waals surface area contributed by atoms with Crippen molar-refractivity contribution in [2.75, 3.05) is 6.54 Å². The molecule has 9 heteroatoms. The van der Waals surface area contributed by atoms with E-state index >= 15 is 0 Å². The monoisotopic (exact) mass is 289 g/mol. The van der Waals surface area contributed by atoms with Gasteiger partial charge in [0.2, 0.25) is 0 Å². The Bertz CT molecular complexity index is 559. The highest BCUT2D eigenvalue weighted by Gasteiger charge is 2.24. The number of sulfonamides is 1. The molecule has 0 saturated heterocycles. The highest BCUT2D eigenvalue weighted by molar-refractivity contribution is 7.91. The van der Waals surface area contributed by atoms with Gasteiger partial charge in [-0.25, -0.2) is 22.9 Å². The highest BCUT2D eigenvalue weighted by atomic mass is 32.2. The van der Waals surface area contributed by atoms with Crippen molar-refractivity contribution in [3.8, 4) is 6.07 Å². The normalized spacial score (nSPS) is 11.1. The molecule has 0 fully saturated rings. The SMILES string of the molecule is N#CCCCCNS(=O)(=O)c1scnc1C(=O)O. The Morgan fingerprint density at radius 2 is 2.28 bits per heavy atom. The van der Waals surface area contributed by atoms with Gasteiger partial charge in [-0.1, -0.05) is 0 Å². The van der Waals surface area contributed by atoms with E-state index in [0.717, 1.165) is 11.3 Å². The molecule has 0 atom stereocenters. The second-order valence-corrected chi connectivity index (χ2v) is 6.12. The van der Waals surface area contributed by atoms with Gasteiger partial charge in [0.1, 0.15) is 0 Å². The van der Waals surface area contributed by atoms with Gasteiger partial charge in [0.25, 0.3) is 10.0 Å². The van der Waals surface area contributed by atoms with Crippen LogP contribution in [-0.4, -0.2) is 31.0 Å². The molecule has 7 nitrogen and oxygen atoms in total. The summed E-state index contributed by atoms with van der Waals surface area (Å²) >= 11 is 0.758. The van der Waals surface area contributed by atoms with Gasteiger partial charge in [0, 0.05) is 13.0 Å². The Kier molecular flexibility index (Phi) is 5.21. The number of thiazole rings is 1. The Balaban J connectivity index is 2.67. The second kappa shape index (κ2) is 6.44. The Morgan fingerprint density at radius 3 is 2.89 bits per heavy atom. The number of nitrogens with zero attached hydrogens (tertiary/aromatic N) is 2. The van der Waals surface area contributed by atoms with Crippen LogP contribution in [0.4, 0.5) is 0 Å². The van der Waals surface area contributed by atoms with E-state index in [9.17, 15) is 13.2 Å². The standard InChI is InChI=1S/C9H11N3O4S2/c10-4-2-1-3-5-12-18(15,16)9-7(8(13)14)11-6-17-9/h6,12H,1-3,5H2,(H,13,14). The van der Waals surface area contributed by atoms with Crippen molar-refractivity contribution in [2.24, 2.45) is 0 Å². The lowest BCUT2D eigenvalue weighted by Gasteiger charge is -2.04. The summed E-state index contributed by atoms with van der Waals surface area (Å²) in [6, 6.07) is 1.95. The van der Waals surface area contributed by atoms with Gasteiger partial charge < -0.3 is 5.11 Å². The molecular formula is C9H11N3O4S2. The molecule has 0 aliphatic rings. The van der Waals surface area contributed by atoms with Crippen molar-refractivity contribution in [1.82, 2.24) is 9.71 Å². The minimum Gasteiger partial charge on any atom is -0.476 e. The van der Waals surface area contributed by atoms with E-state index in [1.807, 2.05) is 6.07 Å². The molecule has 1 aromatic rings. The number of hydrogen-bond acceptors (Lipinski definition) is 6. The fourth-order valence-electron chi connectivity index (χ4n) is 1.17. The van der Waals surface area contributed by atoms with Crippen LogP contribution in [0.25, 0.3) is 0 Å². The van der Waals surface area contributed by atoms with Crippen molar-refractivity contribution >= 4 is 27.3 Å². The molecule has 2 N–H and O–H groups in total. The predicted molar refractivity (Wildman–Crippen MR) is 63.7 cm³/mol. The minimum absolute atomic E-state index is 0.168. The summed E-state index contributed by atoms with van der Waals surface area (Å²) in [6.07, 6.45) is 1.48. The molecule has 0 radical (unpaired) electrons. The molecule has 0 bridgehead atoms. The molecule has 0 spiro atoms. The minimum atomic E-state index is -3.84. The number of unbranched alkanes of at least 4 members (excludes halogenated alkanes) is 2. The summed E-state index contributed by atoms with van der Waals surface area (Å²) in [7, 11) is -3.84. The van der Waals surface area contributed by atoms with Crippen LogP contribution in [0.5, 0.6) is 0 Å². The van der Waals surface area contributed by atoms with Gasteiger partial charge in [-0.15, -0.1) is 11.3 Å². The van der Waals surface area contributed by atoms with E-state index in [1.54, 1.807) is 0 Å². The number of carbonyl (C=O) groups is 1. The molecule has 0 aliphatic carbocycles. The van der Waals surface area contributed by atoms with Crippen LogP contribution >= 0.6 is 11.3 Å². The van der Waals surface area contributed by atoms with E-state index in [1.165, 1.54) is 5.51 Å². The van der Waals surface area contributed by atoms with Crippen molar-refractivity contribution in [3.05, 3.63) is 11.2 Å². The lowest BCUT2D eigenvalue weighted by Crippen LogP contribution is -2.25. The Hall–Kier alpha value is -1.50. The molecule has 1 heterocycles. The van der Waals surface area contributed by atoms with Crippen molar-refractivity contribution in [1.29, 1.82) is 5.26 Å². The van der Waals surface area contributed by atoms with Crippen LogP contribution in [0.3, 0.4) is 0 Å². The zero-order valence-corrected chi connectivity index (χ0v) is 10.9. The highest BCUT2D eigenvalue weighted by Crippen LogP contribution is 2.19. The van der Waals surface area contributed by atoms with E-state index in [2.05, 4.69) is 9.71 Å². The fourth-order valence-corrected chi connectivity index (χ4v) is 3.43. The van der Waals surface area contributed by atoms with E-state index in [-0.39, 0.29) is 10.8 Å². The first kappa shape index (κ1) is 14.6. The summed E-state index contributed by atoms with van der Waals surface area (Å²) in [5.74, 6) is -1.37. The number of hydrogen-bond donors (Lipinski definition) is 2. The summed E-state index contributed by atoms with van der Waals surface area (Å²) < 4.78 is 25.6. The van der Waals surface area contributed by atoms with Gasteiger partial charge in [-0.2, -0.15) is 5.26 Å². The average Bonchev–Trinajstić information content (AvgIpc) is 2.78. The smallest absolute Gasteiger partial charge is 0.356 e. The zero-order chi connectivity index (χ0) is 13.6. The first-order chi connectivity index (χ1) is 8.49. The number of nitriles is 1. The Morgan fingerprint density at radius 1 is 1.56 bits per heavy atom. The molecule has 18 heavy (non-hydrogen) atoms. The first-order valence-corrected chi connectivity index (χ1v) is 7.38. The lowest BCUT2D eigenvalue weighted by molar-refractivity contribution is 0.0687. The van der Waals surface area contributed by atoms with Gasteiger partial charge in [-0.05, 0) is 12.8 Å². The maximum atomic E-state index is 11.8. The van der Waals surface area contributed by atoms with Gasteiger partial charge in [0.05, 0.1) is 11.6 Å². The third-order valence-electron chi connectivity index (χ3n) is 1.99. The number of nitrogens with one attached hydrogen (secondary N) is 1. The molecule has 0 amide bonds. The van der Waals surface area contributed by atoms with Crippen LogP contribution in [0, 0.1) is 11.3 Å². The number of carboxylic acids is 1. The second-order valence-electron chi connectivity index (χ2n) is 3.31. The van der Waals surface area contributed by atoms with Crippen molar-refractivity contribution in [3.63, 3.8) is 0 Å². The third kappa shape index (κ3) is 3.76. The van der Waals surface area contributed by atoms with E-state index in [0.29, 0.717) is 19.3 Å². The predicted octanol–water partition coefficient (Wildman–Crippen LogP) is 0.813. The molecule has 0 saturated carbocycles. The van der Waals surface area contributed by atoms with E-state index in [4.69, 9.17) is 10.4 Å². The van der Waals surface area contributed by atoms with Gasteiger partial charge in [-0.3, -0.25) is 0 Å². The van der Waals surface area contributed by atoms with E-state index < -0.39 is 21.7 Å². The maximum absolute atomic E-state index is 11.8. The number of aromatic nitrogens is 1. The average molecular weight is 289 g/mol. The number of aromatic carboxylic acids is 1.